The van der Waals surface area contributed by atoms with Crippen molar-refractivity contribution in [3.63, 3.8) is 0 Å². The first-order valence-corrected chi connectivity index (χ1v) is 7.49. The largest absolute Gasteiger partial charge is 0.508 e. The molecule has 0 bridgehead atoms. The Morgan fingerprint density at radius 1 is 0.900 bits per heavy atom. The van der Waals surface area contributed by atoms with Crippen LogP contribution in [0.3, 0.4) is 0 Å². The summed E-state index contributed by atoms with van der Waals surface area (Å²) in [6.45, 7) is 0.641. The average Bonchev–Trinajstić information content (AvgIpc) is 2.46. The zero-order chi connectivity index (χ0) is 14.4. The van der Waals surface area contributed by atoms with Crippen LogP contribution in [-0.4, -0.2) is 14.5 Å². The van der Waals surface area contributed by atoms with Crippen LogP contribution in [0.15, 0.2) is 48.5 Å². The van der Waals surface area contributed by atoms with Crippen molar-refractivity contribution in [2.24, 2.45) is 0 Å². The second-order valence-corrected chi connectivity index (χ2v) is 5.91. The summed E-state index contributed by atoms with van der Waals surface area (Å²) >= 11 is 6.80. The predicted molar refractivity (Wildman–Crippen MR) is 86.9 cm³/mol. The van der Waals surface area contributed by atoms with Gasteiger partial charge in [-0.15, -0.1) is 0 Å². The molecule has 0 saturated carbocycles. The lowest BCUT2D eigenvalue weighted by Crippen LogP contribution is -2.17. The van der Waals surface area contributed by atoms with Crippen molar-refractivity contribution < 1.29 is 10.2 Å². The lowest BCUT2D eigenvalue weighted by Gasteiger charge is -2.08. The summed E-state index contributed by atoms with van der Waals surface area (Å²) in [6.07, 6.45) is 0. The highest BCUT2D eigenvalue weighted by Crippen LogP contribution is 2.16. The molecule has 0 heterocycles. The van der Waals surface area contributed by atoms with Gasteiger partial charge in [0.1, 0.15) is 15.8 Å². The molecule has 3 N–H and O–H groups in total. The van der Waals surface area contributed by atoms with E-state index < -0.39 is 0 Å². The van der Waals surface area contributed by atoms with Crippen LogP contribution in [0, 0.1) is 0 Å². The highest BCUT2D eigenvalue weighted by Gasteiger charge is 2.00. The summed E-state index contributed by atoms with van der Waals surface area (Å²) in [4.78, 5) is 0. The first-order valence-electron chi connectivity index (χ1n) is 6.10. The molecule has 0 radical (unpaired) electrons. The molecule has 0 spiro atoms. The number of benzene rings is 2. The quantitative estimate of drug-likeness (QED) is 0.756. The zero-order valence-electron chi connectivity index (χ0n) is 10.7. The fourth-order valence-electron chi connectivity index (χ4n) is 1.58. The average molecular weight is 305 g/mol. The molecule has 2 aromatic rings. The molecule has 20 heavy (non-hydrogen) atoms. The van der Waals surface area contributed by atoms with Gasteiger partial charge in [-0.2, -0.15) is 0 Å². The molecular weight excluding hydrogens is 290 g/mol. The summed E-state index contributed by atoms with van der Waals surface area (Å²) < 4.78 is 0.728. The van der Waals surface area contributed by atoms with E-state index in [0.717, 1.165) is 21.2 Å². The Bertz CT molecular complexity index is 516. The Morgan fingerprint density at radius 2 is 1.40 bits per heavy atom. The van der Waals surface area contributed by atoms with Gasteiger partial charge in [0.05, 0.1) is 0 Å². The molecule has 0 aliphatic heterocycles. The fourth-order valence-corrected chi connectivity index (χ4v) is 2.49. The van der Waals surface area contributed by atoms with Crippen LogP contribution >= 0.6 is 24.0 Å². The van der Waals surface area contributed by atoms with E-state index in [1.807, 2.05) is 24.3 Å². The van der Waals surface area contributed by atoms with Crippen LogP contribution in [0.2, 0.25) is 0 Å². The summed E-state index contributed by atoms with van der Waals surface area (Å²) in [5, 5.41) is 21.6. The molecule has 0 atom stereocenters. The number of aromatic hydroxyl groups is 2. The molecule has 0 aromatic heterocycles. The van der Waals surface area contributed by atoms with Crippen molar-refractivity contribution in [3.05, 3.63) is 59.7 Å². The Hall–Kier alpha value is -1.72. The second-order valence-electron chi connectivity index (χ2n) is 4.26. The van der Waals surface area contributed by atoms with Gasteiger partial charge in [0.25, 0.3) is 0 Å². The van der Waals surface area contributed by atoms with Gasteiger partial charge in [0, 0.05) is 12.3 Å². The predicted octanol–water partition coefficient (Wildman–Crippen LogP) is 3.41. The van der Waals surface area contributed by atoms with Crippen molar-refractivity contribution in [2.45, 2.75) is 12.3 Å². The normalized spacial score (nSPS) is 10.2. The number of hydrogen-bond donors (Lipinski definition) is 3. The maximum absolute atomic E-state index is 9.20. The molecule has 0 saturated heterocycles. The number of thiocarbonyl (C=S) groups is 1. The SMILES string of the molecule is Oc1ccc(CNC(=S)SCc2ccc(O)cc2)cc1. The molecule has 0 amide bonds. The first-order chi connectivity index (χ1) is 9.63. The molecule has 3 nitrogen and oxygen atoms in total. The molecule has 104 valence electrons. The minimum absolute atomic E-state index is 0.262. The van der Waals surface area contributed by atoms with Crippen LogP contribution in [0.1, 0.15) is 11.1 Å². The summed E-state index contributed by atoms with van der Waals surface area (Å²) in [6, 6.07) is 14.1. The third kappa shape index (κ3) is 4.75. The third-order valence-electron chi connectivity index (χ3n) is 2.68. The standard InChI is InChI=1S/C15H15NO2S2/c17-13-5-1-11(2-6-13)9-16-15(19)20-10-12-3-7-14(18)8-4-12/h1-8,17-18H,9-10H2,(H,16,19). The zero-order valence-corrected chi connectivity index (χ0v) is 12.4. The minimum atomic E-state index is 0.262. The molecule has 5 heteroatoms. The molecule has 0 aliphatic carbocycles. The smallest absolute Gasteiger partial charge is 0.134 e. The second kappa shape index (κ2) is 7.17. The van der Waals surface area contributed by atoms with E-state index >= 15 is 0 Å². The van der Waals surface area contributed by atoms with E-state index in [1.165, 1.54) is 0 Å². The number of phenolic OH excluding ortho intramolecular Hbond substituents is 2. The highest BCUT2D eigenvalue weighted by atomic mass is 32.2. The van der Waals surface area contributed by atoms with Gasteiger partial charge in [-0.1, -0.05) is 48.2 Å². The van der Waals surface area contributed by atoms with Gasteiger partial charge in [0.15, 0.2) is 0 Å². The van der Waals surface area contributed by atoms with Crippen molar-refractivity contribution in [1.82, 2.24) is 5.32 Å². The molecular formula is C15H15NO2S2. The van der Waals surface area contributed by atoms with Crippen molar-refractivity contribution in [1.29, 1.82) is 0 Å². The monoisotopic (exact) mass is 305 g/mol. The Labute approximate surface area is 127 Å². The van der Waals surface area contributed by atoms with Gasteiger partial charge in [-0.05, 0) is 35.4 Å². The molecule has 0 unspecified atom stereocenters. The van der Waals surface area contributed by atoms with Gasteiger partial charge in [-0.25, -0.2) is 0 Å². The number of nitrogens with one attached hydrogen (secondary N) is 1. The highest BCUT2D eigenvalue weighted by molar-refractivity contribution is 8.22. The first kappa shape index (κ1) is 14.7. The van der Waals surface area contributed by atoms with Crippen LogP contribution in [0.25, 0.3) is 0 Å². The number of hydrogen-bond acceptors (Lipinski definition) is 4. The van der Waals surface area contributed by atoms with Crippen molar-refractivity contribution >= 4 is 28.3 Å². The number of rotatable bonds is 4. The summed E-state index contributed by atoms with van der Waals surface area (Å²) in [5.41, 5.74) is 2.18. The van der Waals surface area contributed by atoms with Gasteiger partial charge >= 0.3 is 0 Å². The van der Waals surface area contributed by atoms with E-state index in [0.29, 0.717) is 6.54 Å². The summed E-state index contributed by atoms with van der Waals surface area (Å²) in [5.74, 6) is 1.30. The lowest BCUT2D eigenvalue weighted by atomic mass is 10.2. The Kier molecular flexibility index (Phi) is 5.26. The van der Waals surface area contributed by atoms with Crippen LogP contribution in [0.4, 0.5) is 0 Å². The van der Waals surface area contributed by atoms with Gasteiger partial charge in [-0.3, -0.25) is 0 Å². The number of phenols is 2. The van der Waals surface area contributed by atoms with E-state index in [2.05, 4.69) is 5.32 Å². The lowest BCUT2D eigenvalue weighted by molar-refractivity contribution is 0.474. The molecule has 0 aliphatic rings. The van der Waals surface area contributed by atoms with E-state index in [1.54, 1.807) is 36.0 Å². The van der Waals surface area contributed by atoms with Crippen LogP contribution in [-0.2, 0) is 12.3 Å². The van der Waals surface area contributed by atoms with E-state index in [9.17, 15) is 10.2 Å². The Morgan fingerprint density at radius 3 is 1.95 bits per heavy atom. The third-order valence-corrected chi connectivity index (χ3v) is 4.06. The Balaban J connectivity index is 1.75. The van der Waals surface area contributed by atoms with E-state index in [4.69, 9.17) is 12.2 Å². The van der Waals surface area contributed by atoms with Crippen molar-refractivity contribution in [2.75, 3.05) is 0 Å². The molecule has 2 rings (SSSR count). The van der Waals surface area contributed by atoms with E-state index in [-0.39, 0.29) is 11.5 Å². The molecule has 2 aromatic carbocycles. The van der Waals surface area contributed by atoms with Crippen LogP contribution < -0.4 is 5.32 Å². The maximum atomic E-state index is 9.20. The van der Waals surface area contributed by atoms with Gasteiger partial charge < -0.3 is 15.5 Å². The van der Waals surface area contributed by atoms with Crippen molar-refractivity contribution in [3.8, 4) is 11.5 Å². The fraction of sp³-hybridized carbons (Fsp3) is 0.133. The van der Waals surface area contributed by atoms with Gasteiger partial charge in [0.2, 0.25) is 0 Å². The topological polar surface area (TPSA) is 52.5 Å². The summed E-state index contributed by atoms with van der Waals surface area (Å²) in [7, 11) is 0. The van der Waals surface area contributed by atoms with Crippen LogP contribution in [0.5, 0.6) is 11.5 Å². The molecule has 0 fully saturated rings. The maximum Gasteiger partial charge on any atom is 0.134 e. The minimum Gasteiger partial charge on any atom is -0.508 e. The number of thioether (sulfide) groups is 1.